The van der Waals surface area contributed by atoms with Crippen LogP contribution in [-0.4, -0.2) is 10.8 Å². The highest BCUT2D eigenvalue weighted by atomic mass is 32.1. The van der Waals surface area contributed by atoms with E-state index in [0.29, 0.717) is 18.0 Å². The Bertz CT molecular complexity index is 516. The second kappa shape index (κ2) is 5.42. The van der Waals surface area contributed by atoms with Crippen LogP contribution < -0.4 is 5.73 Å². The van der Waals surface area contributed by atoms with E-state index in [9.17, 15) is 4.79 Å². The van der Waals surface area contributed by atoms with Gasteiger partial charge < -0.3 is 5.73 Å². The number of aromatic nitrogens is 1. The largest absolute Gasteiger partial charge is 0.375 e. The maximum absolute atomic E-state index is 11.8. The summed E-state index contributed by atoms with van der Waals surface area (Å²) in [5.41, 5.74) is 6.31. The molecule has 0 radical (unpaired) electrons. The highest BCUT2D eigenvalue weighted by molar-refractivity contribution is 7.13. The van der Waals surface area contributed by atoms with Crippen LogP contribution in [0.25, 0.3) is 0 Å². The van der Waals surface area contributed by atoms with Crippen molar-refractivity contribution in [3.05, 3.63) is 33.0 Å². The molecule has 17 heavy (non-hydrogen) atoms. The molecular formula is C12H14N2OS2. The van der Waals surface area contributed by atoms with E-state index in [1.807, 2.05) is 11.4 Å². The number of nitrogens with zero attached hydrogens (tertiary/aromatic N) is 1. The first-order valence-corrected chi connectivity index (χ1v) is 7.16. The van der Waals surface area contributed by atoms with Gasteiger partial charge in [0.2, 0.25) is 0 Å². The number of thiophene rings is 1. The molecule has 2 N–H and O–H groups in total. The summed E-state index contributed by atoms with van der Waals surface area (Å²) in [4.78, 5) is 18.4. The molecule has 3 nitrogen and oxygen atoms in total. The van der Waals surface area contributed by atoms with E-state index < -0.39 is 0 Å². The molecule has 0 fully saturated rings. The van der Waals surface area contributed by atoms with Gasteiger partial charge in [0.1, 0.15) is 5.78 Å². The summed E-state index contributed by atoms with van der Waals surface area (Å²) in [6.07, 6.45) is 1.91. The van der Waals surface area contributed by atoms with E-state index >= 15 is 0 Å². The normalized spacial score (nSPS) is 10.6. The van der Waals surface area contributed by atoms with Crippen molar-refractivity contribution in [1.82, 2.24) is 4.98 Å². The average molecular weight is 266 g/mol. The number of rotatable bonds is 5. The Kier molecular flexibility index (Phi) is 3.91. The van der Waals surface area contributed by atoms with Gasteiger partial charge in [-0.15, -0.1) is 22.7 Å². The lowest BCUT2D eigenvalue weighted by Crippen LogP contribution is -2.05. The molecule has 0 saturated heterocycles. The standard InChI is InChI=1S/C12H14N2OS2/c1-2-10-3-4-11(17-10)6-9(15)5-8-7-16-12(13)14-8/h3-4,7H,2,5-6H2,1H3,(H2,13,14). The number of nitrogen functional groups attached to an aromatic ring is 1. The molecule has 0 saturated carbocycles. The van der Waals surface area contributed by atoms with E-state index in [1.54, 1.807) is 11.3 Å². The fourth-order valence-corrected chi connectivity index (χ4v) is 3.12. The molecule has 0 bridgehead atoms. The second-order valence-corrected chi connectivity index (χ2v) is 5.93. The average Bonchev–Trinajstić information content (AvgIpc) is 2.88. The van der Waals surface area contributed by atoms with Crippen molar-refractivity contribution < 1.29 is 4.79 Å². The SMILES string of the molecule is CCc1ccc(CC(=O)Cc2csc(N)n2)s1. The molecule has 0 aliphatic heterocycles. The Labute approximate surface area is 108 Å². The number of carbonyl (C=O) groups excluding carboxylic acids is 1. The number of Topliss-reactive ketones (excluding diaryl/α,β-unsaturated/α-hetero) is 1. The topological polar surface area (TPSA) is 56.0 Å². The number of carbonyl (C=O) groups is 1. The van der Waals surface area contributed by atoms with Crippen molar-refractivity contribution in [3.8, 4) is 0 Å². The number of aryl methyl sites for hydroxylation is 1. The number of thiazole rings is 1. The predicted molar refractivity (Wildman–Crippen MR) is 72.6 cm³/mol. The Morgan fingerprint density at radius 2 is 2.12 bits per heavy atom. The number of ketones is 1. The zero-order valence-corrected chi connectivity index (χ0v) is 11.2. The second-order valence-electron chi connectivity index (χ2n) is 3.79. The van der Waals surface area contributed by atoms with Crippen LogP contribution in [-0.2, 0) is 24.1 Å². The van der Waals surface area contributed by atoms with Crippen LogP contribution in [0.15, 0.2) is 17.5 Å². The van der Waals surface area contributed by atoms with E-state index in [2.05, 4.69) is 18.0 Å². The monoisotopic (exact) mass is 266 g/mol. The van der Waals surface area contributed by atoms with Gasteiger partial charge in [0.15, 0.2) is 5.13 Å². The van der Waals surface area contributed by atoms with Crippen molar-refractivity contribution in [2.24, 2.45) is 0 Å². The first-order valence-electron chi connectivity index (χ1n) is 5.46. The van der Waals surface area contributed by atoms with Crippen molar-refractivity contribution in [2.45, 2.75) is 26.2 Å². The first-order chi connectivity index (χ1) is 8.17. The molecule has 90 valence electrons. The molecule has 0 aliphatic rings. The van der Waals surface area contributed by atoms with Crippen LogP contribution >= 0.6 is 22.7 Å². The Morgan fingerprint density at radius 1 is 1.35 bits per heavy atom. The minimum Gasteiger partial charge on any atom is -0.375 e. The molecule has 0 aliphatic carbocycles. The molecule has 0 unspecified atom stereocenters. The molecule has 5 heteroatoms. The summed E-state index contributed by atoms with van der Waals surface area (Å²) in [5, 5.41) is 2.37. The highest BCUT2D eigenvalue weighted by Crippen LogP contribution is 2.18. The van der Waals surface area contributed by atoms with Gasteiger partial charge in [-0.05, 0) is 18.6 Å². The third-order valence-electron chi connectivity index (χ3n) is 2.38. The molecule has 2 aromatic heterocycles. The van der Waals surface area contributed by atoms with Gasteiger partial charge in [0.25, 0.3) is 0 Å². The zero-order chi connectivity index (χ0) is 12.3. The van der Waals surface area contributed by atoms with Crippen LogP contribution in [0, 0.1) is 0 Å². The summed E-state index contributed by atoms with van der Waals surface area (Å²) in [6.45, 7) is 2.12. The van der Waals surface area contributed by atoms with Crippen molar-refractivity contribution in [2.75, 3.05) is 5.73 Å². The van der Waals surface area contributed by atoms with Gasteiger partial charge in [-0.25, -0.2) is 4.98 Å². The molecular weight excluding hydrogens is 252 g/mol. The van der Waals surface area contributed by atoms with Crippen LogP contribution in [0.2, 0.25) is 0 Å². The van der Waals surface area contributed by atoms with Crippen molar-refractivity contribution in [1.29, 1.82) is 0 Å². The summed E-state index contributed by atoms with van der Waals surface area (Å²) in [6, 6.07) is 4.13. The lowest BCUT2D eigenvalue weighted by Gasteiger charge is -1.95. The molecule has 0 spiro atoms. The summed E-state index contributed by atoms with van der Waals surface area (Å²) < 4.78 is 0. The van der Waals surface area contributed by atoms with Gasteiger partial charge in [0, 0.05) is 28.0 Å². The van der Waals surface area contributed by atoms with Gasteiger partial charge in [0.05, 0.1) is 5.69 Å². The fourth-order valence-electron chi connectivity index (χ4n) is 1.57. The lowest BCUT2D eigenvalue weighted by molar-refractivity contribution is -0.117. The number of hydrogen-bond acceptors (Lipinski definition) is 5. The fraction of sp³-hybridized carbons (Fsp3) is 0.333. The summed E-state index contributed by atoms with van der Waals surface area (Å²) in [7, 11) is 0. The van der Waals surface area contributed by atoms with Crippen LogP contribution in [0.5, 0.6) is 0 Å². The first kappa shape index (κ1) is 12.3. The number of hydrogen-bond donors (Lipinski definition) is 1. The molecule has 2 rings (SSSR count). The van der Waals surface area contributed by atoms with Gasteiger partial charge in [-0.3, -0.25) is 4.79 Å². The maximum atomic E-state index is 11.8. The highest BCUT2D eigenvalue weighted by Gasteiger charge is 2.09. The Balaban J connectivity index is 1.93. The summed E-state index contributed by atoms with van der Waals surface area (Å²) in [5.74, 6) is 0.194. The van der Waals surface area contributed by atoms with E-state index in [4.69, 9.17) is 5.73 Å². The number of anilines is 1. The van der Waals surface area contributed by atoms with Gasteiger partial charge in [-0.1, -0.05) is 6.92 Å². The van der Waals surface area contributed by atoms with Crippen molar-refractivity contribution in [3.63, 3.8) is 0 Å². The number of nitrogens with two attached hydrogens (primary N) is 1. The van der Waals surface area contributed by atoms with E-state index in [-0.39, 0.29) is 5.78 Å². The Morgan fingerprint density at radius 3 is 2.71 bits per heavy atom. The molecule has 0 atom stereocenters. The van der Waals surface area contributed by atoms with Crippen LogP contribution in [0.1, 0.15) is 22.4 Å². The van der Waals surface area contributed by atoms with E-state index in [1.165, 1.54) is 16.2 Å². The third kappa shape index (κ3) is 3.38. The quantitative estimate of drug-likeness (QED) is 0.905. The minimum atomic E-state index is 0.194. The molecule has 2 heterocycles. The predicted octanol–water partition coefficient (Wildman–Crippen LogP) is 2.70. The van der Waals surface area contributed by atoms with Crippen LogP contribution in [0.3, 0.4) is 0 Å². The zero-order valence-electron chi connectivity index (χ0n) is 9.60. The van der Waals surface area contributed by atoms with Gasteiger partial charge >= 0.3 is 0 Å². The third-order valence-corrected chi connectivity index (χ3v) is 4.34. The lowest BCUT2D eigenvalue weighted by atomic mass is 10.1. The molecule has 0 amide bonds. The van der Waals surface area contributed by atoms with Crippen LogP contribution in [0.4, 0.5) is 5.13 Å². The van der Waals surface area contributed by atoms with Gasteiger partial charge in [-0.2, -0.15) is 0 Å². The minimum absolute atomic E-state index is 0.194. The van der Waals surface area contributed by atoms with Crippen molar-refractivity contribution >= 4 is 33.6 Å². The summed E-state index contributed by atoms with van der Waals surface area (Å²) >= 11 is 3.09. The molecule has 2 aromatic rings. The maximum Gasteiger partial charge on any atom is 0.180 e. The van der Waals surface area contributed by atoms with E-state index in [0.717, 1.165) is 17.0 Å². The smallest absolute Gasteiger partial charge is 0.180 e. The molecule has 0 aromatic carbocycles. The Hall–Kier alpha value is -1.20.